The molecule has 0 bridgehead atoms. The van der Waals surface area contributed by atoms with Gasteiger partial charge in [-0.2, -0.15) is 0 Å². The summed E-state index contributed by atoms with van der Waals surface area (Å²) in [6.45, 7) is 9.75. The van der Waals surface area contributed by atoms with Crippen LogP contribution in [0.2, 0.25) is 0 Å². The molecular formula is C14H28. The molecule has 84 valence electrons. The van der Waals surface area contributed by atoms with E-state index in [2.05, 4.69) is 27.7 Å². The molecule has 0 aromatic heterocycles. The third-order valence-electron chi connectivity index (χ3n) is 4.70. The fourth-order valence-corrected chi connectivity index (χ4v) is 3.52. The van der Waals surface area contributed by atoms with Crippen molar-refractivity contribution in [1.82, 2.24) is 0 Å². The average molecular weight is 196 g/mol. The van der Waals surface area contributed by atoms with Gasteiger partial charge in [0, 0.05) is 0 Å². The van der Waals surface area contributed by atoms with Crippen LogP contribution >= 0.6 is 0 Å². The Kier molecular flexibility index (Phi) is 4.47. The Bertz CT molecular complexity index is 147. The Labute approximate surface area is 90.5 Å². The maximum absolute atomic E-state index is 2.51. The van der Waals surface area contributed by atoms with E-state index in [-0.39, 0.29) is 0 Å². The molecule has 0 N–H and O–H groups in total. The zero-order valence-electron chi connectivity index (χ0n) is 10.6. The second kappa shape index (κ2) is 5.19. The summed E-state index contributed by atoms with van der Waals surface area (Å²) in [6, 6.07) is 0. The van der Waals surface area contributed by atoms with Gasteiger partial charge < -0.3 is 0 Å². The van der Waals surface area contributed by atoms with Crippen molar-refractivity contribution < 1.29 is 0 Å². The Hall–Kier alpha value is 0. The summed E-state index contributed by atoms with van der Waals surface area (Å²) in [5.41, 5.74) is 0.587. The lowest BCUT2D eigenvalue weighted by Gasteiger charge is -2.42. The van der Waals surface area contributed by atoms with E-state index in [1.807, 2.05) is 0 Å². The van der Waals surface area contributed by atoms with Gasteiger partial charge in [-0.05, 0) is 30.1 Å². The first-order valence-corrected chi connectivity index (χ1v) is 6.62. The number of hydrogen-bond acceptors (Lipinski definition) is 0. The summed E-state index contributed by atoms with van der Waals surface area (Å²) >= 11 is 0. The van der Waals surface area contributed by atoms with E-state index < -0.39 is 0 Å². The zero-order valence-corrected chi connectivity index (χ0v) is 10.6. The van der Waals surface area contributed by atoms with E-state index in [1.54, 1.807) is 0 Å². The molecule has 0 aliphatic heterocycles. The first kappa shape index (κ1) is 12.1. The third-order valence-corrected chi connectivity index (χ3v) is 4.70. The summed E-state index contributed by atoms with van der Waals surface area (Å²) in [7, 11) is 0. The van der Waals surface area contributed by atoms with Crippen LogP contribution in [-0.2, 0) is 0 Å². The Morgan fingerprint density at radius 3 is 1.93 bits per heavy atom. The Morgan fingerprint density at radius 2 is 1.50 bits per heavy atom. The maximum atomic E-state index is 2.51. The van der Waals surface area contributed by atoms with Crippen LogP contribution in [0.5, 0.6) is 0 Å². The van der Waals surface area contributed by atoms with Gasteiger partial charge in [0.1, 0.15) is 0 Å². The van der Waals surface area contributed by atoms with Gasteiger partial charge >= 0.3 is 0 Å². The topological polar surface area (TPSA) is 0 Å². The molecule has 0 saturated heterocycles. The van der Waals surface area contributed by atoms with Crippen molar-refractivity contribution in [2.45, 2.75) is 72.6 Å². The fourth-order valence-electron chi connectivity index (χ4n) is 3.52. The van der Waals surface area contributed by atoms with E-state index in [0.29, 0.717) is 5.41 Å². The molecule has 1 aliphatic carbocycles. The normalized spacial score (nSPS) is 20.4. The summed E-state index contributed by atoms with van der Waals surface area (Å²) in [5, 5.41) is 0. The molecule has 0 heterocycles. The molecule has 0 nitrogen and oxygen atoms in total. The van der Waals surface area contributed by atoms with Crippen LogP contribution in [0, 0.1) is 17.3 Å². The molecule has 1 saturated carbocycles. The van der Waals surface area contributed by atoms with Crippen LogP contribution in [0.1, 0.15) is 72.6 Å². The van der Waals surface area contributed by atoms with Crippen molar-refractivity contribution in [2.75, 3.05) is 0 Å². The summed E-state index contributed by atoms with van der Waals surface area (Å²) in [5.74, 6) is 1.94. The number of rotatable bonds is 4. The lowest BCUT2D eigenvalue weighted by atomic mass is 9.63. The van der Waals surface area contributed by atoms with Gasteiger partial charge in [0.05, 0.1) is 0 Å². The standard InChI is InChI=1S/C14H28/c1-5-12(6-2)14(3,4)13-10-8-7-9-11-13/h12-13H,5-11H2,1-4H3. The van der Waals surface area contributed by atoms with E-state index in [9.17, 15) is 0 Å². The molecule has 1 rings (SSSR count). The van der Waals surface area contributed by atoms with Gasteiger partial charge in [0.15, 0.2) is 0 Å². The van der Waals surface area contributed by atoms with E-state index in [4.69, 9.17) is 0 Å². The van der Waals surface area contributed by atoms with E-state index in [0.717, 1.165) is 11.8 Å². The van der Waals surface area contributed by atoms with Gasteiger partial charge in [-0.1, -0.05) is 59.8 Å². The molecular weight excluding hydrogens is 168 g/mol. The molecule has 0 amide bonds. The third kappa shape index (κ3) is 2.52. The molecule has 14 heavy (non-hydrogen) atoms. The summed E-state index contributed by atoms with van der Waals surface area (Å²) < 4.78 is 0. The van der Waals surface area contributed by atoms with Crippen LogP contribution in [0.15, 0.2) is 0 Å². The highest BCUT2D eigenvalue weighted by molar-refractivity contribution is 4.85. The Balaban J connectivity index is 2.60. The first-order valence-electron chi connectivity index (χ1n) is 6.62. The van der Waals surface area contributed by atoms with Gasteiger partial charge in [0.25, 0.3) is 0 Å². The molecule has 0 heteroatoms. The minimum Gasteiger partial charge on any atom is -0.0651 e. The monoisotopic (exact) mass is 196 g/mol. The first-order chi connectivity index (χ1) is 6.62. The molecule has 0 unspecified atom stereocenters. The second-order valence-electron chi connectivity index (χ2n) is 5.67. The van der Waals surface area contributed by atoms with E-state index >= 15 is 0 Å². The van der Waals surface area contributed by atoms with Crippen molar-refractivity contribution in [3.05, 3.63) is 0 Å². The largest absolute Gasteiger partial charge is 0.0651 e. The molecule has 1 fully saturated rings. The molecule has 0 aromatic rings. The van der Waals surface area contributed by atoms with Crippen molar-refractivity contribution >= 4 is 0 Å². The predicted octanol–water partition coefficient (Wildman–Crippen LogP) is 5.03. The van der Waals surface area contributed by atoms with Gasteiger partial charge in [-0.3, -0.25) is 0 Å². The summed E-state index contributed by atoms with van der Waals surface area (Å²) in [6.07, 6.45) is 10.1. The van der Waals surface area contributed by atoms with E-state index in [1.165, 1.54) is 44.9 Å². The van der Waals surface area contributed by atoms with Gasteiger partial charge in [-0.25, -0.2) is 0 Å². The summed E-state index contributed by atoms with van der Waals surface area (Å²) in [4.78, 5) is 0. The van der Waals surface area contributed by atoms with Crippen molar-refractivity contribution in [1.29, 1.82) is 0 Å². The van der Waals surface area contributed by atoms with Crippen LogP contribution < -0.4 is 0 Å². The van der Waals surface area contributed by atoms with Crippen molar-refractivity contribution in [3.8, 4) is 0 Å². The van der Waals surface area contributed by atoms with Crippen LogP contribution in [-0.4, -0.2) is 0 Å². The van der Waals surface area contributed by atoms with Gasteiger partial charge in [-0.15, -0.1) is 0 Å². The minimum absolute atomic E-state index is 0.587. The van der Waals surface area contributed by atoms with Gasteiger partial charge in [0.2, 0.25) is 0 Å². The highest BCUT2D eigenvalue weighted by atomic mass is 14.4. The molecule has 0 spiro atoms. The van der Waals surface area contributed by atoms with Crippen molar-refractivity contribution in [2.24, 2.45) is 17.3 Å². The quantitative estimate of drug-likeness (QED) is 0.591. The zero-order chi connectivity index (χ0) is 10.6. The lowest BCUT2D eigenvalue weighted by Crippen LogP contribution is -2.33. The SMILES string of the molecule is CCC(CC)C(C)(C)C1CCCCC1. The smallest absolute Gasteiger partial charge is 0.0298 e. The highest BCUT2D eigenvalue weighted by Gasteiger charge is 2.35. The van der Waals surface area contributed by atoms with Crippen molar-refractivity contribution in [3.63, 3.8) is 0 Å². The van der Waals surface area contributed by atoms with Crippen LogP contribution in [0.4, 0.5) is 0 Å². The average Bonchev–Trinajstić information content (AvgIpc) is 2.20. The van der Waals surface area contributed by atoms with Crippen LogP contribution in [0.25, 0.3) is 0 Å². The lowest BCUT2D eigenvalue weighted by molar-refractivity contribution is 0.0770. The second-order valence-corrected chi connectivity index (χ2v) is 5.67. The number of hydrogen-bond donors (Lipinski definition) is 0. The minimum atomic E-state index is 0.587. The maximum Gasteiger partial charge on any atom is -0.0298 e. The predicted molar refractivity (Wildman–Crippen MR) is 64.4 cm³/mol. The molecule has 0 atom stereocenters. The Morgan fingerprint density at radius 1 is 1.00 bits per heavy atom. The van der Waals surface area contributed by atoms with Crippen LogP contribution in [0.3, 0.4) is 0 Å². The molecule has 0 radical (unpaired) electrons. The molecule has 0 aromatic carbocycles. The fraction of sp³-hybridized carbons (Fsp3) is 1.00. The highest BCUT2D eigenvalue weighted by Crippen LogP contribution is 2.45. The molecule has 1 aliphatic rings.